The van der Waals surface area contributed by atoms with Crippen LogP contribution in [-0.4, -0.2) is 29.8 Å². The minimum Gasteiger partial charge on any atom is -0.465 e. The predicted octanol–water partition coefficient (Wildman–Crippen LogP) is 2.95. The number of carbonyl (C=O) groups is 2. The highest BCUT2D eigenvalue weighted by Gasteiger charge is 2.15. The van der Waals surface area contributed by atoms with Crippen molar-refractivity contribution in [2.75, 3.05) is 11.9 Å². The van der Waals surface area contributed by atoms with E-state index in [1.54, 1.807) is 0 Å². The number of rotatable bonds is 5. The second kappa shape index (κ2) is 8.26. The molecule has 0 aromatic heterocycles. The first kappa shape index (κ1) is 16.1. The molecule has 3 amide bonds. The zero-order valence-electron chi connectivity index (χ0n) is 12.6. The fourth-order valence-electron chi connectivity index (χ4n) is 2.72. The summed E-state index contributed by atoms with van der Waals surface area (Å²) in [5.41, 5.74) is 1.70. The molecule has 0 unspecified atom stereocenters. The van der Waals surface area contributed by atoms with Gasteiger partial charge in [-0.25, -0.2) is 9.59 Å². The molecule has 0 radical (unpaired) electrons. The van der Waals surface area contributed by atoms with Gasteiger partial charge in [-0.1, -0.05) is 31.4 Å². The van der Waals surface area contributed by atoms with Crippen molar-refractivity contribution in [1.82, 2.24) is 10.6 Å². The molecule has 0 heterocycles. The van der Waals surface area contributed by atoms with Gasteiger partial charge in [0.05, 0.1) is 0 Å². The van der Waals surface area contributed by atoms with Crippen LogP contribution in [0.1, 0.15) is 37.7 Å². The van der Waals surface area contributed by atoms with Gasteiger partial charge in [-0.15, -0.1) is 0 Å². The van der Waals surface area contributed by atoms with Gasteiger partial charge in [0.2, 0.25) is 0 Å². The normalized spacial score (nSPS) is 15.1. The van der Waals surface area contributed by atoms with Crippen LogP contribution in [0.4, 0.5) is 15.3 Å². The number of nitrogens with one attached hydrogen (secondary N) is 3. The van der Waals surface area contributed by atoms with Gasteiger partial charge in [0.25, 0.3) is 0 Å². The summed E-state index contributed by atoms with van der Waals surface area (Å²) < 4.78 is 0. The first-order valence-electron chi connectivity index (χ1n) is 7.77. The second-order valence-corrected chi connectivity index (χ2v) is 5.62. The Balaban J connectivity index is 1.81. The molecular weight excluding hydrogens is 282 g/mol. The molecule has 0 saturated heterocycles. The zero-order valence-corrected chi connectivity index (χ0v) is 12.6. The number of hydrogen-bond acceptors (Lipinski definition) is 2. The third-order valence-corrected chi connectivity index (χ3v) is 3.82. The molecule has 6 heteroatoms. The Morgan fingerprint density at radius 1 is 1.18 bits per heavy atom. The lowest BCUT2D eigenvalue weighted by atomic mass is 9.96. The minimum atomic E-state index is -1.03. The zero-order chi connectivity index (χ0) is 15.8. The Bertz CT molecular complexity index is 513. The molecule has 4 N–H and O–H groups in total. The Hall–Kier alpha value is -2.24. The molecule has 120 valence electrons. The molecule has 2 rings (SSSR count). The van der Waals surface area contributed by atoms with E-state index in [9.17, 15) is 9.59 Å². The van der Waals surface area contributed by atoms with Crippen molar-refractivity contribution in [1.29, 1.82) is 0 Å². The van der Waals surface area contributed by atoms with Crippen molar-refractivity contribution in [3.05, 3.63) is 29.8 Å². The lowest BCUT2D eigenvalue weighted by molar-refractivity contribution is 0.194. The summed E-state index contributed by atoms with van der Waals surface area (Å²) in [4.78, 5) is 22.4. The third kappa shape index (κ3) is 5.63. The molecule has 1 aliphatic rings. The first-order valence-corrected chi connectivity index (χ1v) is 7.77. The standard InChI is InChI=1S/C16H23N3O3/c20-15(18-13-6-2-1-3-7-13)19-14-8-4-5-12(11-14)9-10-17-16(21)22/h4-5,8,11,13,17H,1-3,6-7,9-10H2,(H,21,22)(H2,18,19,20). The van der Waals surface area contributed by atoms with Crippen molar-refractivity contribution in [2.24, 2.45) is 0 Å². The summed E-state index contributed by atoms with van der Waals surface area (Å²) in [5, 5.41) is 16.7. The molecule has 0 aliphatic heterocycles. The summed E-state index contributed by atoms with van der Waals surface area (Å²) in [6.07, 6.45) is 5.27. The van der Waals surface area contributed by atoms with Crippen LogP contribution in [0.15, 0.2) is 24.3 Å². The van der Waals surface area contributed by atoms with E-state index in [1.807, 2.05) is 24.3 Å². The maximum Gasteiger partial charge on any atom is 0.404 e. The highest BCUT2D eigenvalue weighted by molar-refractivity contribution is 5.89. The summed E-state index contributed by atoms with van der Waals surface area (Å²) in [6, 6.07) is 7.56. The number of benzene rings is 1. The van der Waals surface area contributed by atoms with E-state index in [0.29, 0.717) is 13.0 Å². The van der Waals surface area contributed by atoms with Crippen LogP contribution in [0.5, 0.6) is 0 Å². The lowest BCUT2D eigenvalue weighted by Gasteiger charge is -2.22. The van der Waals surface area contributed by atoms with Gasteiger partial charge in [0.15, 0.2) is 0 Å². The minimum absolute atomic E-state index is 0.173. The lowest BCUT2D eigenvalue weighted by Crippen LogP contribution is -2.39. The molecule has 1 saturated carbocycles. The fraction of sp³-hybridized carbons (Fsp3) is 0.500. The second-order valence-electron chi connectivity index (χ2n) is 5.62. The van der Waals surface area contributed by atoms with Crippen LogP contribution in [0.2, 0.25) is 0 Å². The Kier molecular flexibility index (Phi) is 6.06. The third-order valence-electron chi connectivity index (χ3n) is 3.82. The van der Waals surface area contributed by atoms with E-state index < -0.39 is 6.09 Å². The number of urea groups is 1. The highest BCUT2D eigenvalue weighted by atomic mass is 16.4. The summed E-state index contributed by atoms with van der Waals surface area (Å²) in [7, 11) is 0. The summed E-state index contributed by atoms with van der Waals surface area (Å²) in [5.74, 6) is 0. The quantitative estimate of drug-likeness (QED) is 0.674. The van der Waals surface area contributed by atoms with Crippen molar-refractivity contribution < 1.29 is 14.7 Å². The largest absolute Gasteiger partial charge is 0.465 e. The van der Waals surface area contributed by atoms with Gasteiger partial charge in [-0.2, -0.15) is 0 Å². The van der Waals surface area contributed by atoms with Crippen LogP contribution in [0, 0.1) is 0 Å². The maximum absolute atomic E-state index is 12.0. The van der Waals surface area contributed by atoms with E-state index >= 15 is 0 Å². The SMILES string of the molecule is O=C(O)NCCc1cccc(NC(=O)NC2CCCCC2)c1. The predicted molar refractivity (Wildman–Crippen MR) is 85.2 cm³/mol. The molecule has 1 aromatic rings. The van der Waals surface area contributed by atoms with Crippen molar-refractivity contribution in [3.63, 3.8) is 0 Å². The van der Waals surface area contributed by atoms with Gasteiger partial charge in [0, 0.05) is 18.3 Å². The van der Waals surface area contributed by atoms with Crippen LogP contribution < -0.4 is 16.0 Å². The topological polar surface area (TPSA) is 90.5 Å². The van der Waals surface area contributed by atoms with E-state index in [2.05, 4.69) is 16.0 Å². The average molecular weight is 305 g/mol. The number of amides is 3. The molecule has 0 atom stereocenters. The number of anilines is 1. The van der Waals surface area contributed by atoms with Gasteiger partial charge < -0.3 is 21.1 Å². The Morgan fingerprint density at radius 3 is 2.68 bits per heavy atom. The first-order chi connectivity index (χ1) is 10.6. The molecule has 0 spiro atoms. The van der Waals surface area contributed by atoms with Gasteiger partial charge in [0.1, 0.15) is 0 Å². The van der Waals surface area contributed by atoms with Crippen LogP contribution in [0.25, 0.3) is 0 Å². The highest BCUT2D eigenvalue weighted by Crippen LogP contribution is 2.17. The van der Waals surface area contributed by atoms with Crippen molar-refractivity contribution in [2.45, 2.75) is 44.6 Å². The number of carbonyl (C=O) groups excluding carboxylic acids is 1. The smallest absolute Gasteiger partial charge is 0.404 e. The van der Waals surface area contributed by atoms with Crippen molar-refractivity contribution >= 4 is 17.8 Å². The summed E-state index contributed by atoms with van der Waals surface area (Å²) in [6.45, 7) is 0.354. The molecule has 1 fully saturated rings. The maximum atomic E-state index is 12.0. The number of hydrogen-bond donors (Lipinski definition) is 4. The molecule has 22 heavy (non-hydrogen) atoms. The van der Waals surface area contributed by atoms with Gasteiger partial charge >= 0.3 is 12.1 Å². The fourth-order valence-corrected chi connectivity index (χ4v) is 2.72. The van der Waals surface area contributed by atoms with Crippen LogP contribution in [0.3, 0.4) is 0 Å². The van der Waals surface area contributed by atoms with Gasteiger partial charge in [-0.05, 0) is 37.0 Å². The number of carboxylic acid groups (broad SMARTS) is 1. The van der Waals surface area contributed by atoms with Gasteiger partial charge in [-0.3, -0.25) is 0 Å². The molecular formula is C16H23N3O3. The van der Waals surface area contributed by atoms with Crippen LogP contribution >= 0.6 is 0 Å². The Labute approximate surface area is 130 Å². The molecule has 1 aromatic carbocycles. The van der Waals surface area contributed by atoms with E-state index in [0.717, 1.165) is 24.1 Å². The van der Waals surface area contributed by atoms with Crippen molar-refractivity contribution in [3.8, 4) is 0 Å². The van der Waals surface area contributed by atoms with E-state index in [1.165, 1.54) is 19.3 Å². The van der Waals surface area contributed by atoms with E-state index in [4.69, 9.17) is 5.11 Å². The summed E-state index contributed by atoms with van der Waals surface area (Å²) >= 11 is 0. The average Bonchev–Trinajstić information content (AvgIpc) is 2.48. The monoisotopic (exact) mass is 305 g/mol. The van der Waals surface area contributed by atoms with Crippen LogP contribution in [-0.2, 0) is 6.42 Å². The molecule has 6 nitrogen and oxygen atoms in total. The Morgan fingerprint density at radius 2 is 1.95 bits per heavy atom. The molecule has 0 bridgehead atoms. The molecule has 1 aliphatic carbocycles. The van der Waals surface area contributed by atoms with E-state index in [-0.39, 0.29) is 12.1 Å².